The molecule has 0 radical (unpaired) electrons. The number of anilines is 2. The average Bonchev–Trinajstić information content (AvgIpc) is 3.34. The highest BCUT2D eigenvalue weighted by Gasteiger charge is 2.46. The van der Waals surface area contributed by atoms with Gasteiger partial charge in [-0.05, 0) is 66.4 Å². The lowest BCUT2D eigenvalue weighted by Gasteiger charge is -2.38. The SMILES string of the molecule is O=C(Nc1ccc(C(F)(F)F)cc1)Nc1ccc2c(c1)[C@@H]1C[C@H](CC(=O)N3CCc4ccccc4C3)O[C@@H](CO)[C@@H]1O2. The highest BCUT2D eigenvalue weighted by molar-refractivity contribution is 5.99. The number of carbonyl (C=O) groups is 2. The van der Waals surface area contributed by atoms with Gasteiger partial charge in [-0.2, -0.15) is 13.2 Å². The highest BCUT2D eigenvalue weighted by atomic mass is 19.4. The number of ether oxygens (including phenoxy) is 2. The molecule has 8 nitrogen and oxygen atoms in total. The van der Waals surface area contributed by atoms with Crippen LogP contribution < -0.4 is 15.4 Å². The molecule has 3 N–H and O–H groups in total. The minimum Gasteiger partial charge on any atom is -0.487 e. The van der Waals surface area contributed by atoms with Gasteiger partial charge in [-0.15, -0.1) is 0 Å². The number of aliphatic hydroxyl groups excluding tert-OH is 1. The Morgan fingerprint density at radius 2 is 1.69 bits per heavy atom. The Kier molecular flexibility index (Phi) is 7.54. The van der Waals surface area contributed by atoms with Gasteiger partial charge in [0.05, 0.1) is 24.7 Å². The van der Waals surface area contributed by atoms with Crippen molar-refractivity contribution in [1.82, 2.24) is 4.90 Å². The van der Waals surface area contributed by atoms with E-state index < -0.39 is 36.1 Å². The number of nitrogens with zero attached hydrogens (tertiary/aromatic N) is 1. The van der Waals surface area contributed by atoms with Gasteiger partial charge in [0.25, 0.3) is 0 Å². The lowest BCUT2D eigenvalue weighted by molar-refractivity contribution is -0.149. The van der Waals surface area contributed by atoms with E-state index >= 15 is 0 Å². The number of hydrogen-bond acceptors (Lipinski definition) is 5. The number of halogens is 3. The average molecular weight is 582 g/mol. The molecule has 3 heterocycles. The van der Waals surface area contributed by atoms with Crippen LogP contribution in [0.25, 0.3) is 0 Å². The monoisotopic (exact) mass is 581 g/mol. The van der Waals surface area contributed by atoms with Crippen LogP contribution in [0.3, 0.4) is 0 Å². The van der Waals surface area contributed by atoms with E-state index in [1.807, 2.05) is 23.1 Å². The van der Waals surface area contributed by atoms with Crippen LogP contribution in [0.2, 0.25) is 0 Å². The molecule has 1 fully saturated rings. The molecule has 3 aromatic carbocycles. The summed E-state index contributed by atoms with van der Waals surface area (Å²) in [6.07, 6.45) is -4.43. The summed E-state index contributed by atoms with van der Waals surface area (Å²) in [7, 11) is 0. The molecule has 4 atom stereocenters. The minimum absolute atomic E-state index is 0.000800. The van der Waals surface area contributed by atoms with Gasteiger partial charge in [0.2, 0.25) is 5.91 Å². The second kappa shape index (κ2) is 11.3. The van der Waals surface area contributed by atoms with Crippen molar-refractivity contribution in [1.29, 1.82) is 0 Å². The third kappa shape index (κ3) is 5.79. The van der Waals surface area contributed by atoms with E-state index in [0.29, 0.717) is 30.9 Å². The molecular weight excluding hydrogens is 551 g/mol. The van der Waals surface area contributed by atoms with E-state index in [1.54, 1.807) is 18.2 Å². The van der Waals surface area contributed by atoms with Crippen molar-refractivity contribution >= 4 is 23.3 Å². The van der Waals surface area contributed by atoms with Crippen molar-refractivity contribution in [3.63, 3.8) is 0 Å². The highest BCUT2D eigenvalue weighted by Crippen LogP contribution is 2.47. The predicted octanol–water partition coefficient (Wildman–Crippen LogP) is 5.32. The van der Waals surface area contributed by atoms with Crippen molar-refractivity contribution in [3.8, 4) is 5.75 Å². The molecule has 220 valence electrons. The number of alkyl halides is 3. The number of benzene rings is 3. The van der Waals surface area contributed by atoms with E-state index in [4.69, 9.17) is 9.47 Å². The van der Waals surface area contributed by atoms with E-state index in [0.717, 1.165) is 29.7 Å². The Balaban J connectivity index is 1.11. The third-order valence-electron chi connectivity index (χ3n) is 8.11. The van der Waals surface area contributed by atoms with Crippen molar-refractivity contribution in [2.75, 3.05) is 23.8 Å². The lowest BCUT2D eigenvalue weighted by atomic mass is 9.84. The Morgan fingerprint density at radius 1 is 0.976 bits per heavy atom. The van der Waals surface area contributed by atoms with Gasteiger partial charge in [0.15, 0.2) is 0 Å². The molecule has 3 aliphatic rings. The van der Waals surface area contributed by atoms with Crippen LogP contribution in [0.15, 0.2) is 66.7 Å². The third-order valence-corrected chi connectivity index (χ3v) is 8.11. The van der Waals surface area contributed by atoms with Gasteiger partial charge in [-0.25, -0.2) is 4.79 Å². The molecule has 0 aromatic heterocycles. The van der Waals surface area contributed by atoms with Crippen molar-refractivity contribution in [2.45, 2.75) is 56.2 Å². The molecule has 42 heavy (non-hydrogen) atoms. The molecule has 11 heteroatoms. The molecule has 3 amide bonds. The Bertz CT molecular complexity index is 1480. The first-order valence-corrected chi connectivity index (χ1v) is 13.8. The quantitative estimate of drug-likeness (QED) is 0.379. The predicted molar refractivity (Wildman–Crippen MR) is 148 cm³/mol. The summed E-state index contributed by atoms with van der Waals surface area (Å²) in [6, 6.07) is 16.8. The molecule has 1 saturated heterocycles. The van der Waals surface area contributed by atoms with Gasteiger partial charge in [0, 0.05) is 35.9 Å². The maximum atomic E-state index is 13.2. The number of hydrogen-bond donors (Lipinski definition) is 3. The van der Waals surface area contributed by atoms with Crippen molar-refractivity contribution in [2.24, 2.45) is 0 Å². The second-order valence-electron chi connectivity index (χ2n) is 10.8. The Labute approximate surface area is 240 Å². The summed E-state index contributed by atoms with van der Waals surface area (Å²) in [4.78, 5) is 27.7. The topological polar surface area (TPSA) is 100 Å². The number of aliphatic hydroxyl groups is 1. The van der Waals surface area contributed by atoms with Crippen molar-refractivity contribution in [3.05, 3.63) is 89.0 Å². The van der Waals surface area contributed by atoms with Crippen LogP contribution in [0.5, 0.6) is 5.75 Å². The van der Waals surface area contributed by atoms with Crippen LogP contribution in [0.4, 0.5) is 29.3 Å². The van der Waals surface area contributed by atoms with Gasteiger partial charge < -0.3 is 30.1 Å². The molecule has 3 aliphatic heterocycles. The molecule has 0 spiro atoms. The fourth-order valence-electron chi connectivity index (χ4n) is 6.04. The normalized spacial score (nSPS) is 22.8. The summed E-state index contributed by atoms with van der Waals surface area (Å²) in [5, 5.41) is 15.3. The maximum Gasteiger partial charge on any atom is 0.416 e. The van der Waals surface area contributed by atoms with E-state index in [-0.39, 0.29) is 30.5 Å². The van der Waals surface area contributed by atoms with Crippen LogP contribution in [-0.2, 0) is 28.7 Å². The minimum atomic E-state index is -4.46. The van der Waals surface area contributed by atoms with Gasteiger partial charge >= 0.3 is 12.2 Å². The van der Waals surface area contributed by atoms with E-state index in [9.17, 15) is 27.9 Å². The summed E-state index contributed by atoms with van der Waals surface area (Å²) >= 11 is 0. The number of carbonyl (C=O) groups excluding carboxylic acids is 2. The zero-order valence-corrected chi connectivity index (χ0v) is 22.6. The molecule has 0 saturated carbocycles. The summed E-state index contributed by atoms with van der Waals surface area (Å²) in [6.45, 7) is 0.942. The van der Waals surface area contributed by atoms with Gasteiger partial charge in [-0.1, -0.05) is 24.3 Å². The van der Waals surface area contributed by atoms with Gasteiger partial charge in [-0.3, -0.25) is 4.79 Å². The fourth-order valence-corrected chi connectivity index (χ4v) is 6.04. The fraction of sp³-hybridized carbons (Fsp3) is 0.355. The molecule has 3 aromatic rings. The number of nitrogens with one attached hydrogen (secondary N) is 2. The Hall–Kier alpha value is -4.09. The molecule has 0 unspecified atom stereocenters. The van der Waals surface area contributed by atoms with Crippen LogP contribution in [0.1, 0.15) is 41.0 Å². The summed E-state index contributed by atoms with van der Waals surface area (Å²) < 4.78 is 50.7. The smallest absolute Gasteiger partial charge is 0.416 e. The van der Waals surface area contributed by atoms with Crippen molar-refractivity contribution < 1.29 is 37.3 Å². The maximum absolute atomic E-state index is 13.2. The first kappa shape index (κ1) is 28.0. The standard InChI is InChI=1S/C31H30F3N3O5/c32-31(33,34)20-5-7-21(8-6-20)35-30(40)36-22-9-10-26-24(13-22)25-14-23(41-27(17-38)29(25)42-26)15-28(39)37-12-11-18-3-1-2-4-19(18)16-37/h1-10,13,23,25,27,29,38H,11-12,14-17H2,(H2,35,36,40)/t23-,25+,27+,29-/m1/s1. The summed E-state index contributed by atoms with van der Waals surface area (Å²) in [5.74, 6) is 0.449. The zero-order valence-electron chi connectivity index (χ0n) is 22.6. The van der Waals surface area contributed by atoms with E-state index in [1.165, 1.54) is 17.7 Å². The van der Waals surface area contributed by atoms with Crippen LogP contribution in [0, 0.1) is 0 Å². The molecule has 0 bridgehead atoms. The second-order valence-corrected chi connectivity index (χ2v) is 10.8. The first-order chi connectivity index (χ1) is 20.2. The number of urea groups is 1. The number of fused-ring (bicyclic) bond motifs is 4. The molecule has 0 aliphatic carbocycles. The molecule has 6 rings (SSSR count). The van der Waals surface area contributed by atoms with Crippen LogP contribution in [-0.4, -0.2) is 53.4 Å². The first-order valence-electron chi connectivity index (χ1n) is 13.8. The molecular formula is C31H30F3N3O5. The lowest BCUT2D eigenvalue weighted by Crippen LogP contribution is -2.48. The zero-order chi connectivity index (χ0) is 29.4. The van der Waals surface area contributed by atoms with E-state index in [2.05, 4.69) is 16.7 Å². The largest absolute Gasteiger partial charge is 0.487 e. The van der Waals surface area contributed by atoms with Gasteiger partial charge in [0.1, 0.15) is 18.0 Å². The Morgan fingerprint density at radius 3 is 2.43 bits per heavy atom. The van der Waals surface area contributed by atoms with Crippen LogP contribution >= 0.6 is 0 Å². The number of amides is 3. The number of rotatable bonds is 5. The summed E-state index contributed by atoms with van der Waals surface area (Å²) in [5.41, 5.74) is 3.12.